The van der Waals surface area contributed by atoms with E-state index in [1.165, 1.54) is 24.3 Å². The minimum absolute atomic E-state index is 0.129. The van der Waals surface area contributed by atoms with Crippen molar-refractivity contribution in [2.75, 3.05) is 23.8 Å². The van der Waals surface area contributed by atoms with Crippen LogP contribution in [0.2, 0.25) is 0 Å². The van der Waals surface area contributed by atoms with Crippen molar-refractivity contribution in [2.45, 2.75) is 32.0 Å². The van der Waals surface area contributed by atoms with Gasteiger partial charge in [-0.3, -0.25) is 0 Å². The highest BCUT2D eigenvalue weighted by atomic mass is 19.4. The topological polar surface area (TPSA) is 62.4 Å². The smallest absolute Gasteiger partial charge is 0.397 e. The molecular formula is C20H22F3N3O2. The standard InChI is InChI=1S/C20H22F3N3O2/c1-19(2,20(21,22)23)14-3-5-15(6-4-14)25-18(27)26-16-7-8-17-13(11-16)12-24-9-10-28-17/h3-8,11,24H,9-10,12H2,1-2H3,(H2,25,26,27). The first-order valence-corrected chi connectivity index (χ1v) is 8.88. The van der Waals surface area contributed by atoms with Crippen molar-refractivity contribution in [2.24, 2.45) is 0 Å². The van der Waals surface area contributed by atoms with Gasteiger partial charge < -0.3 is 20.7 Å². The van der Waals surface area contributed by atoms with Gasteiger partial charge in [-0.1, -0.05) is 12.1 Å². The molecule has 2 aromatic carbocycles. The highest BCUT2D eigenvalue weighted by Crippen LogP contribution is 2.40. The lowest BCUT2D eigenvalue weighted by Gasteiger charge is -2.28. The zero-order valence-corrected chi connectivity index (χ0v) is 15.6. The van der Waals surface area contributed by atoms with Crippen LogP contribution in [0.25, 0.3) is 0 Å². The summed E-state index contributed by atoms with van der Waals surface area (Å²) in [7, 11) is 0. The number of amides is 2. The third kappa shape index (κ3) is 4.39. The number of benzene rings is 2. The van der Waals surface area contributed by atoms with Gasteiger partial charge in [-0.05, 0) is 49.7 Å². The van der Waals surface area contributed by atoms with Crippen LogP contribution in [-0.2, 0) is 12.0 Å². The van der Waals surface area contributed by atoms with Gasteiger partial charge in [-0.2, -0.15) is 13.2 Å². The molecule has 3 N–H and O–H groups in total. The summed E-state index contributed by atoms with van der Waals surface area (Å²) in [6.07, 6.45) is -4.36. The monoisotopic (exact) mass is 393 g/mol. The number of hydrogen-bond acceptors (Lipinski definition) is 3. The number of alkyl halides is 3. The van der Waals surface area contributed by atoms with E-state index in [1.54, 1.807) is 12.1 Å². The van der Waals surface area contributed by atoms with Crippen molar-refractivity contribution >= 4 is 17.4 Å². The Balaban J connectivity index is 1.65. The van der Waals surface area contributed by atoms with Crippen molar-refractivity contribution in [1.29, 1.82) is 0 Å². The van der Waals surface area contributed by atoms with Gasteiger partial charge in [0.2, 0.25) is 0 Å². The Kier molecular flexibility index (Phi) is 5.51. The molecule has 8 heteroatoms. The van der Waals surface area contributed by atoms with Gasteiger partial charge >= 0.3 is 12.2 Å². The molecular weight excluding hydrogens is 371 g/mol. The Labute approximate surface area is 161 Å². The third-order valence-corrected chi connectivity index (χ3v) is 4.74. The van der Waals surface area contributed by atoms with E-state index in [9.17, 15) is 18.0 Å². The number of ether oxygens (including phenoxy) is 1. The molecule has 0 fully saturated rings. The van der Waals surface area contributed by atoms with Gasteiger partial charge in [0.15, 0.2) is 0 Å². The van der Waals surface area contributed by atoms with Gasteiger partial charge in [0.05, 0.1) is 5.41 Å². The van der Waals surface area contributed by atoms with Gasteiger partial charge in [-0.15, -0.1) is 0 Å². The Hall–Kier alpha value is -2.74. The van der Waals surface area contributed by atoms with Crippen LogP contribution in [0.1, 0.15) is 25.0 Å². The molecule has 0 spiro atoms. The molecule has 0 aromatic heterocycles. The predicted molar refractivity (Wildman–Crippen MR) is 102 cm³/mol. The van der Waals surface area contributed by atoms with Crippen molar-refractivity contribution in [3.63, 3.8) is 0 Å². The van der Waals surface area contributed by atoms with Crippen molar-refractivity contribution in [3.8, 4) is 5.75 Å². The second-order valence-electron chi connectivity index (χ2n) is 7.13. The van der Waals surface area contributed by atoms with E-state index in [4.69, 9.17) is 4.74 Å². The maximum atomic E-state index is 13.1. The molecule has 150 valence electrons. The van der Waals surface area contributed by atoms with Crippen molar-refractivity contribution < 1.29 is 22.7 Å². The van der Waals surface area contributed by atoms with E-state index in [-0.39, 0.29) is 5.56 Å². The van der Waals surface area contributed by atoms with Crippen LogP contribution in [0.4, 0.5) is 29.3 Å². The molecule has 1 heterocycles. The fraction of sp³-hybridized carbons (Fsp3) is 0.350. The fourth-order valence-corrected chi connectivity index (χ4v) is 2.82. The quantitative estimate of drug-likeness (QED) is 0.711. The second-order valence-corrected chi connectivity index (χ2v) is 7.13. The summed E-state index contributed by atoms with van der Waals surface area (Å²) in [5, 5.41) is 8.56. The lowest BCUT2D eigenvalue weighted by molar-refractivity contribution is -0.180. The molecule has 0 atom stereocenters. The molecule has 5 nitrogen and oxygen atoms in total. The number of halogens is 3. The molecule has 0 bridgehead atoms. The maximum absolute atomic E-state index is 13.1. The lowest BCUT2D eigenvalue weighted by Crippen LogP contribution is -2.36. The van der Waals surface area contributed by atoms with Crippen LogP contribution in [-0.4, -0.2) is 25.4 Å². The SMILES string of the molecule is CC(C)(c1ccc(NC(=O)Nc2ccc3c(c2)CNCCO3)cc1)C(F)(F)F. The summed E-state index contributed by atoms with van der Waals surface area (Å²) >= 11 is 0. The van der Waals surface area contributed by atoms with E-state index in [2.05, 4.69) is 16.0 Å². The van der Waals surface area contributed by atoms with Crippen LogP contribution in [0.5, 0.6) is 5.75 Å². The number of hydrogen-bond donors (Lipinski definition) is 3. The highest BCUT2D eigenvalue weighted by molar-refractivity contribution is 5.99. The fourth-order valence-electron chi connectivity index (χ4n) is 2.82. The molecule has 0 saturated carbocycles. The Bertz CT molecular complexity index is 849. The molecule has 1 aliphatic rings. The first-order valence-electron chi connectivity index (χ1n) is 8.88. The highest BCUT2D eigenvalue weighted by Gasteiger charge is 2.48. The van der Waals surface area contributed by atoms with E-state index >= 15 is 0 Å². The Morgan fingerprint density at radius 3 is 2.36 bits per heavy atom. The average Bonchev–Trinajstić information content (AvgIpc) is 2.86. The molecule has 0 saturated heterocycles. The molecule has 2 amide bonds. The van der Waals surface area contributed by atoms with Crippen molar-refractivity contribution in [1.82, 2.24) is 5.32 Å². The summed E-state index contributed by atoms with van der Waals surface area (Å²) in [5.41, 5.74) is 0.0988. The first kappa shape index (κ1) is 20.0. The van der Waals surface area contributed by atoms with Crippen LogP contribution in [0.15, 0.2) is 42.5 Å². The molecule has 0 unspecified atom stereocenters. The zero-order chi connectivity index (χ0) is 20.4. The number of rotatable bonds is 3. The molecule has 2 aromatic rings. The summed E-state index contributed by atoms with van der Waals surface area (Å²) in [6, 6.07) is 10.5. The van der Waals surface area contributed by atoms with Crippen LogP contribution < -0.4 is 20.7 Å². The van der Waals surface area contributed by atoms with E-state index in [0.29, 0.717) is 24.5 Å². The summed E-state index contributed by atoms with van der Waals surface area (Å²) in [4.78, 5) is 12.2. The summed E-state index contributed by atoms with van der Waals surface area (Å²) in [6.45, 7) is 4.22. The molecule has 3 rings (SSSR count). The van der Waals surface area contributed by atoms with Crippen LogP contribution in [0, 0.1) is 0 Å². The van der Waals surface area contributed by atoms with Gasteiger partial charge in [0, 0.05) is 30.0 Å². The Morgan fingerprint density at radius 2 is 1.68 bits per heavy atom. The third-order valence-electron chi connectivity index (χ3n) is 4.74. The Morgan fingerprint density at radius 1 is 1.04 bits per heavy atom. The second kappa shape index (κ2) is 7.71. The first-order chi connectivity index (χ1) is 13.2. The summed E-state index contributed by atoms with van der Waals surface area (Å²) in [5.74, 6) is 0.777. The van der Waals surface area contributed by atoms with Crippen LogP contribution in [0.3, 0.4) is 0 Å². The lowest BCUT2D eigenvalue weighted by atomic mass is 9.84. The number of fused-ring (bicyclic) bond motifs is 1. The van der Waals surface area contributed by atoms with Gasteiger partial charge in [0.1, 0.15) is 12.4 Å². The number of nitrogens with one attached hydrogen (secondary N) is 3. The average molecular weight is 393 g/mol. The minimum atomic E-state index is -4.36. The number of carbonyl (C=O) groups is 1. The van der Waals surface area contributed by atoms with E-state index in [1.807, 2.05) is 6.07 Å². The van der Waals surface area contributed by atoms with Crippen LogP contribution >= 0.6 is 0 Å². The van der Waals surface area contributed by atoms with Crippen molar-refractivity contribution in [3.05, 3.63) is 53.6 Å². The minimum Gasteiger partial charge on any atom is -0.492 e. The molecule has 0 aliphatic carbocycles. The van der Waals surface area contributed by atoms with E-state index in [0.717, 1.165) is 31.7 Å². The normalized spacial score (nSPS) is 14.5. The van der Waals surface area contributed by atoms with E-state index < -0.39 is 17.6 Å². The predicted octanol–water partition coefficient (Wildman–Crippen LogP) is 4.65. The number of anilines is 2. The molecule has 1 aliphatic heterocycles. The maximum Gasteiger partial charge on any atom is 0.397 e. The van der Waals surface area contributed by atoms with Gasteiger partial charge in [-0.25, -0.2) is 4.79 Å². The molecule has 28 heavy (non-hydrogen) atoms. The molecule has 0 radical (unpaired) electrons. The van der Waals surface area contributed by atoms with Gasteiger partial charge in [0.25, 0.3) is 0 Å². The largest absolute Gasteiger partial charge is 0.492 e. The summed E-state index contributed by atoms with van der Waals surface area (Å²) < 4.78 is 45.0. The number of carbonyl (C=O) groups excluding carboxylic acids is 1. The number of urea groups is 1. The zero-order valence-electron chi connectivity index (χ0n) is 15.6.